The average molecular weight is 254 g/mol. The molecule has 0 saturated carbocycles. The largest absolute Gasteiger partial charge is 0.381 e. The Labute approximate surface area is 108 Å². The lowest BCUT2D eigenvalue weighted by molar-refractivity contribution is 0.182. The Morgan fingerprint density at radius 2 is 2.35 bits per heavy atom. The van der Waals surface area contributed by atoms with Crippen molar-refractivity contribution in [3.05, 3.63) is 28.8 Å². The first kappa shape index (κ1) is 12.7. The summed E-state index contributed by atoms with van der Waals surface area (Å²) >= 11 is 6.31. The Morgan fingerprint density at radius 1 is 1.53 bits per heavy atom. The lowest BCUT2D eigenvalue weighted by Gasteiger charge is -2.24. The van der Waals surface area contributed by atoms with Crippen molar-refractivity contribution in [2.75, 3.05) is 18.5 Å². The molecule has 2 unspecified atom stereocenters. The van der Waals surface area contributed by atoms with Gasteiger partial charge in [0.25, 0.3) is 0 Å². The number of halogens is 1. The van der Waals surface area contributed by atoms with Crippen LogP contribution in [0.15, 0.2) is 18.2 Å². The van der Waals surface area contributed by atoms with Crippen LogP contribution in [0.25, 0.3) is 0 Å². The zero-order valence-electron chi connectivity index (χ0n) is 10.5. The third kappa shape index (κ3) is 2.93. The number of ether oxygens (including phenoxy) is 1. The van der Waals surface area contributed by atoms with E-state index in [0.29, 0.717) is 12.0 Å². The molecule has 94 valence electrons. The Balaban J connectivity index is 2.09. The van der Waals surface area contributed by atoms with Crippen LogP contribution in [0.2, 0.25) is 5.02 Å². The van der Waals surface area contributed by atoms with Gasteiger partial charge in [0.05, 0.1) is 17.3 Å². The molecule has 1 saturated heterocycles. The molecule has 17 heavy (non-hydrogen) atoms. The minimum atomic E-state index is 0.455. The molecule has 0 radical (unpaired) electrons. The van der Waals surface area contributed by atoms with Crippen molar-refractivity contribution in [1.29, 1.82) is 0 Å². The number of anilines is 1. The van der Waals surface area contributed by atoms with Crippen LogP contribution in [-0.2, 0) is 4.74 Å². The van der Waals surface area contributed by atoms with Crippen LogP contribution >= 0.6 is 11.6 Å². The lowest BCUT2D eigenvalue weighted by atomic mass is 9.96. The first-order chi connectivity index (χ1) is 8.22. The SMILES string of the molecule is CCC(Nc1cccc(C)c1Cl)C1CCOC1. The monoisotopic (exact) mass is 253 g/mol. The second-order valence-electron chi connectivity index (χ2n) is 4.72. The summed E-state index contributed by atoms with van der Waals surface area (Å²) in [6.45, 7) is 6.01. The van der Waals surface area contributed by atoms with E-state index in [1.54, 1.807) is 0 Å². The Hall–Kier alpha value is -0.730. The highest BCUT2D eigenvalue weighted by molar-refractivity contribution is 6.34. The molecular weight excluding hydrogens is 234 g/mol. The topological polar surface area (TPSA) is 21.3 Å². The van der Waals surface area contributed by atoms with E-state index in [0.717, 1.165) is 42.3 Å². The molecule has 1 heterocycles. The van der Waals surface area contributed by atoms with Gasteiger partial charge in [0.15, 0.2) is 0 Å². The summed E-state index contributed by atoms with van der Waals surface area (Å²) in [5, 5.41) is 4.41. The summed E-state index contributed by atoms with van der Waals surface area (Å²) in [7, 11) is 0. The fourth-order valence-corrected chi connectivity index (χ4v) is 2.56. The highest BCUT2D eigenvalue weighted by atomic mass is 35.5. The van der Waals surface area contributed by atoms with Crippen LogP contribution in [0.1, 0.15) is 25.3 Å². The average Bonchev–Trinajstić information content (AvgIpc) is 2.85. The predicted octanol–water partition coefficient (Wildman–Crippen LogP) is 3.88. The molecule has 1 aromatic carbocycles. The molecule has 1 aliphatic rings. The van der Waals surface area contributed by atoms with Crippen molar-refractivity contribution in [1.82, 2.24) is 0 Å². The van der Waals surface area contributed by atoms with Crippen molar-refractivity contribution < 1.29 is 4.74 Å². The van der Waals surface area contributed by atoms with E-state index in [1.807, 2.05) is 25.1 Å². The zero-order valence-corrected chi connectivity index (χ0v) is 11.3. The lowest BCUT2D eigenvalue weighted by Crippen LogP contribution is -2.28. The number of aryl methyl sites for hydroxylation is 1. The quantitative estimate of drug-likeness (QED) is 0.880. The summed E-state index contributed by atoms with van der Waals surface area (Å²) in [6, 6.07) is 6.58. The summed E-state index contributed by atoms with van der Waals surface area (Å²) < 4.78 is 5.46. The van der Waals surface area contributed by atoms with Crippen LogP contribution in [-0.4, -0.2) is 19.3 Å². The second-order valence-corrected chi connectivity index (χ2v) is 5.10. The van der Waals surface area contributed by atoms with E-state index in [2.05, 4.69) is 12.2 Å². The number of rotatable bonds is 4. The van der Waals surface area contributed by atoms with E-state index in [1.165, 1.54) is 0 Å². The van der Waals surface area contributed by atoms with Gasteiger partial charge in [0.2, 0.25) is 0 Å². The maximum Gasteiger partial charge on any atom is 0.0666 e. The summed E-state index contributed by atoms with van der Waals surface area (Å²) in [4.78, 5) is 0. The number of benzene rings is 1. The van der Waals surface area contributed by atoms with Crippen LogP contribution in [0, 0.1) is 12.8 Å². The predicted molar refractivity (Wildman–Crippen MR) is 72.8 cm³/mol. The first-order valence-electron chi connectivity index (χ1n) is 6.31. The van der Waals surface area contributed by atoms with Crippen molar-refractivity contribution in [2.24, 2.45) is 5.92 Å². The Kier molecular flexibility index (Phi) is 4.30. The molecule has 1 fully saturated rings. The van der Waals surface area contributed by atoms with Gasteiger partial charge in [-0.25, -0.2) is 0 Å². The fraction of sp³-hybridized carbons (Fsp3) is 0.571. The van der Waals surface area contributed by atoms with Gasteiger partial charge in [-0.15, -0.1) is 0 Å². The minimum Gasteiger partial charge on any atom is -0.381 e. The van der Waals surface area contributed by atoms with Gasteiger partial charge in [-0.3, -0.25) is 0 Å². The molecule has 0 bridgehead atoms. The maximum absolute atomic E-state index is 6.31. The van der Waals surface area contributed by atoms with Gasteiger partial charge in [0.1, 0.15) is 0 Å². The van der Waals surface area contributed by atoms with E-state index in [-0.39, 0.29) is 0 Å². The zero-order chi connectivity index (χ0) is 12.3. The van der Waals surface area contributed by atoms with Crippen LogP contribution < -0.4 is 5.32 Å². The summed E-state index contributed by atoms with van der Waals surface area (Å²) in [5.41, 5.74) is 2.17. The number of hydrogen-bond acceptors (Lipinski definition) is 2. The number of hydrogen-bond donors (Lipinski definition) is 1. The molecule has 1 aliphatic heterocycles. The van der Waals surface area contributed by atoms with E-state index >= 15 is 0 Å². The normalized spacial score (nSPS) is 21.5. The van der Waals surface area contributed by atoms with Crippen molar-refractivity contribution in [2.45, 2.75) is 32.7 Å². The highest BCUT2D eigenvalue weighted by Crippen LogP contribution is 2.29. The van der Waals surface area contributed by atoms with Crippen molar-refractivity contribution in [3.8, 4) is 0 Å². The van der Waals surface area contributed by atoms with Crippen molar-refractivity contribution >= 4 is 17.3 Å². The van der Waals surface area contributed by atoms with Crippen LogP contribution in [0.4, 0.5) is 5.69 Å². The molecule has 2 nitrogen and oxygen atoms in total. The number of nitrogens with one attached hydrogen (secondary N) is 1. The molecule has 0 aliphatic carbocycles. The maximum atomic E-state index is 6.31. The van der Waals surface area contributed by atoms with Crippen LogP contribution in [0.5, 0.6) is 0 Å². The Morgan fingerprint density at radius 3 is 3.00 bits per heavy atom. The molecule has 0 aromatic heterocycles. The van der Waals surface area contributed by atoms with Gasteiger partial charge in [-0.1, -0.05) is 30.7 Å². The van der Waals surface area contributed by atoms with Gasteiger partial charge >= 0.3 is 0 Å². The highest BCUT2D eigenvalue weighted by Gasteiger charge is 2.24. The van der Waals surface area contributed by atoms with Gasteiger partial charge in [-0.2, -0.15) is 0 Å². The van der Waals surface area contributed by atoms with Gasteiger partial charge < -0.3 is 10.1 Å². The molecule has 2 atom stereocenters. The van der Waals surface area contributed by atoms with E-state index in [4.69, 9.17) is 16.3 Å². The van der Waals surface area contributed by atoms with Gasteiger partial charge in [0, 0.05) is 18.6 Å². The fourth-order valence-electron chi connectivity index (χ4n) is 2.38. The molecule has 1 N–H and O–H groups in total. The minimum absolute atomic E-state index is 0.455. The third-order valence-corrected chi connectivity index (χ3v) is 4.01. The second kappa shape index (κ2) is 5.74. The third-order valence-electron chi connectivity index (χ3n) is 3.51. The molecule has 1 aromatic rings. The smallest absolute Gasteiger partial charge is 0.0666 e. The van der Waals surface area contributed by atoms with E-state index in [9.17, 15) is 0 Å². The molecule has 2 rings (SSSR count). The molecule has 3 heteroatoms. The molecule has 0 spiro atoms. The molecular formula is C14H20ClNO. The first-order valence-corrected chi connectivity index (χ1v) is 6.69. The standard InChI is InChI=1S/C14H20ClNO/c1-3-12(11-7-8-17-9-11)16-13-6-4-5-10(2)14(13)15/h4-6,11-12,16H,3,7-9H2,1-2H3. The summed E-state index contributed by atoms with van der Waals surface area (Å²) in [5.74, 6) is 0.608. The summed E-state index contributed by atoms with van der Waals surface area (Å²) in [6.07, 6.45) is 2.24. The van der Waals surface area contributed by atoms with E-state index < -0.39 is 0 Å². The Bertz CT molecular complexity index is 374. The van der Waals surface area contributed by atoms with Crippen molar-refractivity contribution in [3.63, 3.8) is 0 Å². The molecule has 0 amide bonds. The van der Waals surface area contributed by atoms with Crippen LogP contribution in [0.3, 0.4) is 0 Å². The van der Waals surface area contributed by atoms with Gasteiger partial charge in [-0.05, 0) is 31.4 Å².